The van der Waals surface area contributed by atoms with Gasteiger partial charge in [-0.2, -0.15) is 0 Å². The van der Waals surface area contributed by atoms with Crippen molar-refractivity contribution in [2.75, 3.05) is 10.6 Å². The average molecular weight is 436 g/mol. The zero-order valence-electron chi connectivity index (χ0n) is 15.0. The Bertz CT molecular complexity index is 1030. The van der Waals surface area contributed by atoms with Crippen molar-refractivity contribution in [3.8, 4) is 0 Å². The summed E-state index contributed by atoms with van der Waals surface area (Å²) < 4.78 is 0.945. The lowest BCUT2D eigenvalue weighted by atomic mass is 10.1. The molecular weight excluding hydrogens is 418 g/mol. The monoisotopic (exact) mass is 435 g/mol. The Morgan fingerprint density at radius 3 is 1.89 bits per heavy atom. The van der Waals surface area contributed by atoms with Crippen molar-refractivity contribution in [2.24, 2.45) is 0 Å². The van der Waals surface area contributed by atoms with Gasteiger partial charge in [0.05, 0.1) is 0 Å². The highest BCUT2D eigenvalue weighted by Gasteiger charge is 2.13. The fraction of sp³-hybridized carbons (Fsp3) is 0.0909. The fourth-order valence-corrected chi connectivity index (χ4v) is 3.35. The molecule has 0 unspecified atom stereocenters. The predicted octanol–water partition coefficient (Wildman–Crippen LogP) is 4.56. The summed E-state index contributed by atoms with van der Waals surface area (Å²) in [6.45, 7) is 1.69. The van der Waals surface area contributed by atoms with Crippen molar-refractivity contribution in [1.29, 1.82) is 0 Å². The molecule has 6 heteroatoms. The first kappa shape index (κ1) is 18.4. The van der Waals surface area contributed by atoms with E-state index in [-0.39, 0.29) is 11.8 Å². The van der Waals surface area contributed by atoms with E-state index in [2.05, 4.69) is 31.9 Å². The molecule has 0 aromatic heterocycles. The molecule has 28 heavy (non-hydrogen) atoms. The van der Waals surface area contributed by atoms with Gasteiger partial charge in [-0.15, -0.1) is 0 Å². The van der Waals surface area contributed by atoms with E-state index in [0.29, 0.717) is 16.8 Å². The standard InChI is InChI=1S/C22H18BrN3O2/c23-18-6-9-19(10-7-18)25-21(27)14-1-3-15(4-2-14)22(28)26-20-8-5-16-12-24-13-17(16)11-20/h1-11,24H,12-13H2,(H,25,27)(H,26,28). The minimum absolute atomic E-state index is 0.203. The van der Waals surface area contributed by atoms with E-state index >= 15 is 0 Å². The van der Waals surface area contributed by atoms with Gasteiger partial charge in [-0.25, -0.2) is 0 Å². The molecule has 1 aliphatic rings. The van der Waals surface area contributed by atoms with Crippen molar-refractivity contribution in [2.45, 2.75) is 13.1 Å². The summed E-state index contributed by atoms with van der Waals surface area (Å²) in [5.74, 6) is -0.425. The summed E-state index contributed by atoms with van der Waals surface area (Å²) in [4.78, 5) is 24.8. The molecule has 5 nitrogen and oxygen atoms in total. The number of carbonyl (C=O) groups is 2. The summed E-state index contributed by atoms with van der Waals surface area (Å²) >= 11 is 3.36. The zero-order valence-corrected chi connectivity index (χ0v) is 16.5. The van der Waals surface area contributed by atoms with Crippen LogP contribution in [0.5, 0.6) is 0 Å². The highest BCUT2D eigenvalue weighted by molar-refractivity contribution is 9.10. The molecule has 4 rings (SSSR count). The first-order chi connectivity index (χ1) is 13.6. The second kappa shape index (κ2) is 7.96. The van der Waals surface area contributed by atoms with Gasteiger partial charge in [-0.3, -0.25) is 9.59 Å². The second-order valence-electron chi connectivity index (χ2n) is 6.58. The normalized spacial score (nSPS) is 12.3. The molecule has 0 aliphatic carbocycles. The molecule has 0 saturated carbocycles. The topological polar surface area (TPSA) is 70.2 Å². The van der Waals surface area contributed by atoms with E-state index in [1.807, 2.05) is 42.5 Å². The number of carbonyl (C=O) groups excluding carboxylic acids is 2. The number of anilines is 2. The van der Waals surface area contributed by atoms with Gasteiger partial charge in [-0.1, -0.05) is 22.0 Å². The lowest BCUT2D eigenvalue weighted by molar-refractivity contribution is 0.101. The van der Waals surface area contributed by atoms with E-state index in [0.717, 1.165) is 23.2 Å². The predicted molar refractivity (Wildman–Crippen MR) is 113 cm³/mol. The van der Waals surface area contributed by atoms with E-state index < -0.39 is 0 Å². The van der Waals surface area contributed by atoms with Crippen LogP contribution in [0.15, 0.2) is 71.2 Å². The highest BCUT2D eigenvalue weighted by Crippen LogP contribution is 2.21. The molecule has 3 N–H and O–H groups in total. The molecule has 3 aromatic rings. The van der Waals surface area contributed by atoms with Crippen LogP contribution in [0.1, 0.15) is 31.8 Å². The Morgan fingerprint density at radius 2 is 1.25 bits per heavy atom. The Labute approximate surface area is 171 Å². The molecule has 0 atom stereocenters. The quantitative estimate of drug-likeness (QED) is 0.562. The molecule has 0 spiro atoms. The van der Waals surface area contributed by atoms with Gasteiger partial charge in [-0.05, 0) is 71.8 Å². The van der Waals surface area contributed by atoms with Crippen molar-refractivity contribution in [3.63, 3.8) is 0 Å². The van der Waals surface area contributed by atoms with Crippen molar-refractivity contribution in [3.05, 3.63) is 93.5 Å². The molecular formula is C22H18BrN3O2. The Kier molecular flexibility index (Phi) is 5.23. The number of fused-ring (bicyclic) bond motifs is 1. The molecule has 3 aromatic carbocycles. The number of benzene rings is 3. The summed E-state index contributed by atoms with van der Waals surface area (Å²) in [6, 6.07) is 19.9. The van der Waals surface area contributed by atoms with E-state index in [1.165, 1.54) is 11.1 Å². The van der Waals surface area contributed by atoms with Crippen LogP contribution in [0.25, 0.3) is 0 Å². The van der Waals surface area contributed by atoms with Gasteiger partial charge < -0.3 is 16.0 Å². The van der Waals surface area contributed by atoms with Crippen molar-refractivity contribution in [1.82, 2.24) is 5.32 Å². The van der Waals surface area contributed by atoms with Gasteiger partial charge in [0.2, 0.25) is 0 Å². The lowest BCUT2D eigenvalue weighted by Crippen LogP contribution is -2.14. The molecule has 2 amide bonds. The number of nitrogens with one attached hydrogen (secondary N) is 3. The number of rotatable bonds is 4. The summed E-state index contributed by atoms with van der Waals surface area (Å²) in [7, 11) is 0. The molecule has 140 valence electrons. The maximum Gasteiger partial charge on any atom is 0.255 e. The first-order valence-electron chi connectivity index (χ1n) is 8.89. The van der Waals surface area contributed by atoms with Crippen LogP contribution in [0.2, 0.25) is 0 Å². The van der Waals surface area contributed by atoms with Crippen LogP contribution in [-0.4, -0.2) is 11.8 Å². The Hall–Kier alpha value is -2.96. The number of hydrogen-bond donors (Lipinski definition) is 3. The summed E-state index contributed by atoms with van der Waals surface area (Å²) in [5, 5.41) is 9.03. The smallest absolute Gasteiger partial charge is 0.255 e. The van der Waals surface area contributed by atoms with Crippen LogP contribution >= 0.6 is 15.9 Å². The third-order valence-electron chi connectivity index (χ3n) is 4.61. The van der Waals surface area contributed by atoms with Crippen LogP contribution in [0, 0.1) is 0 Å². The van der Waals surface area contributed by atoms with E-state index in [9.17, 15) is 9.59 Å². The summed E-state index contributed by atoms with van der Waals surface area (Å²) in [6.07, 6.45) is 0. The van der Waals surface area contributed by atoms with Gasteiger partial charge in [0.25, 0.3) is 11.8 Å². The molecule has 0 saturated heterocycles. The number of halogens is 1. The molecule has 0 radical (unpaired) electrons. The van der Waals surface area contributed by atoms with Gasteiger partial charge in [0.1, 0.15) is 0 Å². The largest absolute Gasteiger partial charge is 0.322 e. The minimum Gasteiger partial charge on any atom is -0.322 e. The maximum absolute atomic E-state index is 12.5. The van der Waals surface area contributed by atoms with E-state index in [1.54, 1.807) is 24.3 Å². The zero-order chi connectivity index (χ0) is 19.5. The van der Waals surface area contributed by atoms with Gasteiger partial charge >= 0.3 is 0 Å². The lowest BCUT2D eigenvalue weighted by Gasteiger charge is -2.08. The maximum atomic E-state index is 12.5. The first-order valence-corrected chi connectivity index (χ1v) is 9.69. The van der Waals surface area contributed by atoms with Crippen LogP contribution in [0.4, 0.5) is 11.4 Å². The second-order valence-corrected chi connectivity index (χ2v) is 7.50. The highest BCUT2D eigenvalue weighted by atomic mass is 79.9. The number of hydrogen-bond acceptors (Lipinski definition) is 3. The third-order valence-corrected chi connectivity index (χ3v) is 5.14. The number of amides is 2. The third kappa shape index (κ3) is 4.13. The molecule has 0 fully saturated rings. The van der Waals surface area contributed by atoms with E-state index in [4.69, 9.17) is 0 Å². The van der Waals surface area contributed by atoms with Crippen molar-refractivity contribution < 1.29 is 9.59 Å². The molecule has 1 heterocycles. The summed E-state index contributed by atoms with van der Waals surface area (Å²) in [5.41, 5.74) is 4.93. The average Bonchev–Trinajstić information content (AvgIpc) is 3.17. The van der Waals surface area contributed by atoms with Crippen molar-refractivity contribution >= 4 is 39.1 Å². The van der Waals surface area contributed by atoms with Gasteiger partial charge in [0, 0.05) is 40.1 Å². The van der Waals surface area contributed by atoms with Crippen LogP contribution in [-0.2, 0) is 13.1 Å². The van der Waals surface area contributed by atoms with Gasteiger partial charge in [0.15, 0.2) is 0 Å². The van der Waals surface area contributed by atoms with Crippen LogP contribution in [0.3, 0.4) is 0 Å². The SMILES string of the molecule is O=C(Nc1ccc(Br)cc1)c1ccc(C(=O)Nc2ccc3c(c2)CNC3)cc1. The fourth-order valence-electron chi connectivity index (χ4n) is 3.09. The Balaban J connectivity index is 1.41. The van der Waals surface area contributed by atoms with Crippen LogP contribution < -0.4 is 16.0 Å². The Morgan fingerprint density at radius 1 is 0.714 bits per heavy atom. The molecule has 0 bridgehead atoms. The minimum atomic E-state index is -0.222. The molecule has 1 aliphatic heterocycles.